The van der Waals surface area contributed by atoms with Gasteiger partial charge in [0, 0.05) is 18.6 Å². The fourth-order valence-electron chi connectivity index (χ4n) is 3.85. The Morgan fingerprint density at radius 3 is 2.50 bits per heavy atom. The topological polar surface area (TPSA) is 23.5 Å². The molecule has 3 rings (SSSR count). The van der Waals surface area contributed by atoms with Crippen LogP contribution < -0.4 is 0 Å². The summed E-state index contributed by atoms with van der Waals surface area (Å²) in [7, 11) is 0. The minimum absolute atomic E-state index is 0.0249. The molecule has 3 fully saturated rings. The molecule has 2 unspecified atom stereocenters. The fraction of sp³-hybridized carbons (Fsp3) is 1.00. The van der Waals surface area contributed by atoms with Crippen LogP contribution in [0.25, 0.3) is 0 Å². The summed E-state index contributed by atoms with van der Waals surface area (Å²) in [5.41, 5.74) is 0. The van der Waals surface area contributed by atoms with Crippen molar-refractivity contribution in [1.29, 1.82) is 0 Å². The summed E-state index contributed by atoms with van der Waals surface area (Å²) in [6.07, 6.45) is 9.09. The molecular formula is C12H21NO. The standard InChI is InChI=1S/C12H21NO/c14-12-4-2-1-3-11(12)13-8-9-5-6-10(13)7-9/h9-12,14H,1-8H2/t9?,10?,11-,12-/m1/s1. The predicted octanol–water partition coefficient (Wildman–Crippen LogP) is 1.77. The van der Waals surface area contributed by atoms with Crippen LogP contribution in [0.5, 0.6) is 0 Å². The zero-order valence-electron chi connectivity index (χ0n) is 8.86. The molecule has 4 atom stereocenters. The molecule has 2 nitrogen and oxygen atoms in total. The van der Waals surface area contributed by atoms with Crippen molar-refractivity contribution < 1.29 is 5.11 Å². The van der Waals surface area contributed by atoms with Crippen molar-refractivity contribution in [3.8, 4) is 0 Å². The van der Waals surface area contributed by atoms with Crippen LogP contribution in [0.1, 0.15) is 44.9 Å². The number of piperidine rings is 1. The first-order chi connectivity index (χ1) is 6.84. The van der Waals surface area contributed by atoms with E-state index in [-0.39, 0.29) is 6.10 Å². The number of hydrogen-bond acceptors (Lipinski definition) is 2. The second-order valence-electron chi connectivity index (χ2n) is 5.45. The first kappa shape index (κ1) is 9.17. The Morgan fingerprint density at radius 2 is 1.86 bits per heavy atom. The van der Waals surface area contributed by atoms with E-state index in [9.17, 15) is 5.11 Å². The third kappa shape index (κ3) is 1.40. The second-order valence-corrected chi connectivity index (χ2v) is 5.45. The predicted molar refractivity (Wildman–Crippen MR) is 56.1 cm³/mol. The summed E-state index contributed by atoms with van der Waals surface area (Å²) in [6, 6.07) is 1.34. The first-order valence-electron chi connectivity index (χ1n) is 6.28. The van der Waals surface area contributed by atoms with E-state index in [0.29, 0.717) is 6.04 Å². The van der Waals surface area contributed by atoms with Crippen molar-refractivity contribution in [2.24, 2.45) is 5.92 Å². The van der Waals surface area contributed by atoms with Gasteiger partial charge in [-0.2, -0.15) is 0 Å². The molecule has 2 bridgehead atoms. The molecular weight excluding hydrogens is 174 g/mol. The summed E-state index contributed by atoms with van der Waals surface area (Å²) in [4.78, 5) is 2.64. The van der Waals surface area contributed by atoms with Crippen molar-refractivity contribution in [3.05, 3.63) is 0 Å². The number of rotatable bonds is 1. The summed E-state index contributed by atoms with van der Waals surface area (Å²) in [5.74, 6) is 0.967. The molecule has 0 aromatic heterocycles. The number of hydrogen-bond donors (Lipinski definition) is 1. The molecule has 1 N–H and O–H groups in total. The Hall–Kier alpha value is -0.0800. The van der Waals surface area contributed by atoms with Gasteiger partial charge < -0.3 is 5.11 Å². The van der Waals surface area contributed by atoms with Gasteiger partial charge in [0.1, 0.15) is 0 Å². The van der Waals surface area contributed by atoms with Crippen LogP contribution in [0.4, 0.5) is 0 Å². The molecule has 1 heterocycles. The lowest BCUT2D eigenvalue weighted by Crippen LogP contribution is -2.48. The van der Waals surface area contributed by atoms with E-state index in [0.717, 1.165) is 18.4 Å². The highest BCUT2D eigenvalue weighted by atomic mass is 16.3. The van der Waals surface area contributed by atoms with Gasteiger partial charge in [-0.05, 0) is 38.0 Å². The number of nitrogens with zero attached hydrogens (tertiary/aromatic N) is 1. The fourth-order valence-corrected chi connectivity index (χ4v) is 3.85. The molecule has 0 aromatic rings. The largest absolute Gasteiger partial charge is 0.391 e. The Balaban J connectivity index is 1.69. The molecule has 0 radical (unpaired) electrons. The summed E-state index contributed by atoms with van der Waals surface area (Å²) < 4.78 is 0. The lowest BCUT2D eigenvalue weighted by atomic mass is 9.90. The maximum absolute atomic E-state index is 10.0. The van der Waals surface area contributed by atoms with Crippen LogP contribution in [0.3, 0.4) is 0 Å². The average Bonchev–Trinajstić information content (AvgIpc) is 2.79. The summed E-state index contributed by atoms with van der Waals surface area (Å²) in [5, 5.41) is 10.0. The molecule has 0 spiro atoms. The first-order valence-corrected chi connectivity index (χ1v) is 6.28. The number of aliphatic hydroxyl groups excluding tert-OH is 1. The SMILES string of the molecule is O[C@@H]1CCCC[C@H]1N1CC2CCC1C2. The van der Waals surface area contributed by atoms with Gasteiger partial charge in [0.2, 0.25) is 0 Å². The molecule has 14 heavy (non-hydrogen) atoms. The van der Waals surface area contributed by atoms with Crippen LogP contribution in [0.2, 0.25) is 0 Å². The molecule has 2 saturated carbocycles. The van der Waals surface area contributed by atoms with E-state index in [4.69, 9.17) is 0 Å². The van der Waals surface area contributed by atoms with Crippen molar-refractivity contribution in [3.63, 3.8) is 0 Å². The van der Waals surface area contributed by atoms with Gasteiger partial charge in [-0.3, -0.25) is 4.90 Å². The lowest BCUT2D eigenvalue weighted by molar-refractivity contribution is 0.00522. The Morgan fingerprint density at radius 1 is 1.00 bits per heavy atom. The van der Waals surface area contributed by atoms with Crippen LogP contribution in [0.15, 0.2) is 0 Å². The normalized spacial score (nSPS) is 48.6. The van der Waals surface area contributed by atoms with Gasteiger partial charge in [0.15, 0.2) is 0 Å². The molecule has 1 saturated heterocycles. The Kier molecular flexibility index (Phi) is 2.29. The summed E-state index contributed by atoms with van der Waals surface area (Å²) in [6.45, 7) is 1.28. The van der Waals surface area contributed by atoms with E-state index < -0.39 is 0 Å². The van der Waals surface area contributed by atoms with Crippen molar-refractivity contribution >= 4 is 0 Å². The van der Waals surface area contributed by atoms with E-state index in [2.05, 4.69) is 4.90 Å². The molecule has 0 amide bonds. The molecule has 2 heteroatoms. The van der Waals surface area contributed by atoms with Gasteiger partial charge in [-0.1, -0.05) is 12.8 Å². The Labute approximate surface area is 86.3 Å². The second kappa shape index (κ2) is 3.49. The molecule has 3 aliphatic rings. The van der Waals surface area contributed by atoms with Crippen molar-refractivity contribution in [1.82, 2.24) is 4.90 Å². The third-order valence-electron chi connectivity index (χ3n) is 4.57. The minimum atomic E-state index is -0.0249. The third-order valence-corrected chi connectivity index (χ3v) is 4.57. The van der Waals surface area contributed by atoms with Crippen LogP contribution in [-0.4, -0.2) is 34.7 Å². The van der Waals surface area contributed by atoms with Gasteiger partial charge in [0.05, 0.1) is 6.10 Å². The van der Waals surface area contributed by atoms with E-state index in [1.165, 1.54) is 45.1 Å². The number of fused-ring (bicyclic) bond motifs is 2. The van der Waals surface area contributed by atoms with Gasteiger partial charge in [-0.15, -0.1) is 0 Å². The van der Waals surface area contributed by atoms with Crippen LogP contribution in [-0.2, 0) is 0 Å². The molecule has 1 aliphatic heterocycles. The van der Waals surface area contributed by atoms with Gasteiger partial charge >= 0.3 is 0 Å². The quantitative estimate of drug-likeness (QED) is 0.689. The van der Waals surface area contributed by atoms with E-state index in [1.54, 1.807) is 0 Å². The van der Waals surface area contributed by atoms with Gasteiger partial charge in [-0.25, -0.2) is 0 Å². The zero-order valence-corrected chi connectivity index (χ0v) is 8.86. The van der Waals surface area contributed by atoms with E-state index in [1.807, 2.05) is 0 Å². The van der Waals surface area contributed by atoms with Crippen LogP contribution >= 0.6 is 0 Å². The van der Waals surface area contributed by atoms with E-state index >= 15 is 0 Å². The highest BCUT2D eigenvalue weighted by Gasteiger charge is 2.43. The number of aliphatic hydroxyl groups is 1. The van der Waals surface area contributed by atoms with Crippen LogP contribution in [0, 0.1) is 5.92 Å². The van der Waals surface area contributed by atoms with Crippen molar-refractivity contribution in [2.45, 2.75) is 63.1 Å². The maximum Gasteiger partial charge on any atom is 0.0695 e. The zero-order chi connectivity index (χ0) is 9.54. The van der Waals surface area contributed by atoms with Gasteiger partial charge in [0.25, 0.3) is 0 Å². The summed E-state index contributed by atoms with van der Waals surface area (Å²) >= 11 is 0. The highest BCUT2D eigenvalue weighted by Crippen LogP contribution is 2.40. The monoisotopic (exact) mass is 195 g/mol. The maximum atomic E-state index is 10.0. The van der Waals surface area contributed by atoms with Crippen molar-refractivity contribution in [2.75, 3.05) is 6.54 Å². The minimum Gasteiger partial charge on any atom is -0.391 e. The average molecular weight is 195 g/mol. The molecule has 0 aromatic carbocycles. The molecule has 80 valence electrons. The highest BCUT2D eigenvalue weighted by molar-refractivity contribution is 4.97. The molecule has 2 aliphatic carbocycles. The smallest absolute Gasteiger partial charge is 0.0695 e. The lowest BCUT2D eigenvalue weighted by Gasteiger charge is -2.40. The Bertz CT molecular complexity index is 218. The number of likely N-dealkylation sites (tertiary alicyclic amines) is 1.